The van der Waals surface area contributed by atoms with Gasteiger partial charge in [-0.2, -0.15) is 0 Å². The molecule has 0 amide bonds. The summed E-state index contributed by atoms with van der Waals surface area (Å²) in [4.78, 5) is 12.4. The van der Waals surface area contributed by atoms with Crippen LogP contribution in [-0.2, 0) is 4.74 Å². The summed E-state index contributed by atoms with van der Waals surface area (Å²) >= 11 is 1.42. The van der Waals surface area contributed by atoms with E-state index in [1.807, 2.05) is 5.38 Å². The van der Waals surface area contributed by atoms with Crippen molar-refractivity contribution in [2.45, 2.75) is 6.92 Å². The molecule has 15 heavy (non-hydrogen) atoms. The molecule has 0 radical (unpaired) electrons. The van der Waals surface area contributed by atoms with Crippen LogP contribution in [0.3, 0.4) is 0 Å². The highest BCUT2D eigenvalue weighted by Crippen LogP contribution is 2.26. The van der Waals surface area contributed by atoms with Crippen LogP contribution >= 0.6 is 11.3 Å². The molecule has 2 aromatic rings. The first kappa shape index (κ1) is 9.97. The monoisotopic (exact) mass is 226 g/mol. The maximum atomic E-state index is 11.6. The largest absolute Gasteiger partial charge is 0.479 e. The molecular weight excluding hydrogens is 216 g/mol. The summed E-state index contributed by atoms with van der Waals surface area (Å²) in [6.45, 7) is 2.10. The van der Waals surface area contributed by atoms with Crippen molar-refractivity contribution in [1.29, 1.82) is 0 Å². The molecule has 0 fully saturated rings. The Kier molecular flexibility index (Phi) is 2.59. The van der Waals surface area contributed by atoms with E-state index >= 15 is 0 Å². The molecular formula is C9H10N2O3S. The fraction of sp³-hybridized carbons (Fsp3) is 0.333. The Bertz CT molecular complexity index is 488. The van der Waals surface area contributed by atoms with Gasteiger partial charge in [0.2, 0.25) is 5.88 Å². The number of hydrogen-bond donors (Lipinski definition) is 0. The number of methoxy groups -OCH3 is 1. The lowest BCUT2D eigenvalue weighted by molar-refractivity contribution is 0.0525. The quantitative estimate of drug-likeness (QED) is 0.746. The molecule has 0 aromatic carbocycles. The molecule has 0 unspecified atom stereocenters. The standard InChI is InChI=1S/C9H10N2O3S/c1-3-14-9(12)6-7(13-2)10-11-4-5-15-8(6)11/h4-5H,3H2,1-2H3. The zero-order valence-electron chi connectivity index (χ0n) is 8.39. The van der Waals surface area contributed by atoms with Crippen LogP contribution in [0.1, 0.15) is 17.3 Å². The van der Waals surface area contributed by atoms with Gasteiger partial charge < -0.3 is 9.47 Å². The Labute approximate surface area is 90.2 Å². The number of thiazole rings is 1. The van der Waals surface area contributed by atoms with Crippen molar-refractivity contribution < 1.29 is 14.3 Å². The van der Waals surface area contributed by atoms with E-state index in [1.54, 1.807) is 17.6 Å². The van der Waals surface area contributed by atoms with E-state index in [0.29, 0.717) is 18.1 Å². The average Bonchev–Trinajstić information content (AvgIpc) is 2.75. The minimum atomic E-state index is -0.396. The van der Waals surface area contributed by atoms with E-state index in [4.69, 9.17) is 9.47 Å². The van der Waals surface area contributed by atoms with Crippen LogP contribution in [0.5, 0.6) is 5.88 Å². The first-order valence-corrected chi connectivity index (χ1v) is 5.32. The van der Waals surface area contributed by atoms with E-state index in [1.165, 1.54) is 18.4 Å². The fourth-order valence-electron chi connectivity index (χ4n) is 1.29. The minimum Gasteiger partial charge on any atom is -0.479 e. The van der Waals surface area contributed by atoms with Gasteiger partial charge in [-0.25, -0.2) is 9.31 Å². The first-order chi connectivity index (χ1) is 7.27. The molecule has 6 heteroatoms. The van der Waals surface area contributed by atoms with Gasteiger partial charge in [-0.15, -0.1) is 16.4 Å². The van der Waals surface area contributed by atoms with Gasteiger partial charge in [-0.05, 0) is 6.92 Å². The Morgan fingerprint density at radius 3 is 3.13 bits per heavy atom. The van der Waals surface area contributed by atoms with Crippen molar-refractivity contribution in [1.82, 2.24) is 9.61 Å². The van der Waals surface area contributed by atoms with Crippen LogP contribution in [0.2, 0.25) is 0 Å². The Balaban J connectivity index is 2.53. The molecule has 2 aromatic heterocycles. The van der Waals surface area contributed by atoms with E-state index in [2.05, 4.69) is 5.10 Å². The molecule has 0 aliphatic heterocycles. The van der Waals surface area contributed by atoms with Crippen molar-refractivity contribution in [2.24, 2.45) is 0 Å². The summed E-state index contributed by atoms with van der Waals surface area (Å²) in [5, 5.41) is 5.95. The second-order valence-corrected chi connectivity index (χ2v) is 3.65. The van der Waals surface area contributed by atoms with Crippen LogP contribution in [-0.4, -0.2) is 29.3 Å². The number of carbonyl (C=O) groups excluding carboxylic acids is 1. The van der Waals surface area contributed by atoms with Crippen molar-refractivity contribution in [3.05, 3.63) is 17.1 Å². The molecule has 80 valence electrons. The van der Waals surface area contributed by atoms with E-state index in [0.717, 1.165) is 4.83 Å². The number of rotatable bonds is 3. The maximum absolute atomic E-state index is 11.6. The van der Waals surface area contributed by atoms with Gasteiger partial charge in [-0.1, -0.05) is 0 Å². The van der Waals surface area contributed by atoms with E-state index < -0.39 is 5.97 Å². The van der Waals surface area contributed by atoms with E-state index in [9.17, 15) is 4.79 Å². The first-order valence-electron chi connectivity index (χ1n) is 4.44. The highest BCUT2D eigenvalue weighted by Gasteiger charge is 2.22. The molecule has 0 aliphatic carbocycles. The summed E-state index contributed by atoms with van der Waals surface area (Å²) in [7, 11) is 1.48. The fourth-order valence-corrected chi connectivity index (χ4v) is 2.09. The number of nitrogens with zero attached hydrogens (tertiary/aromatic N) is 2. The summed E-state index contributed by atoms with van der Waals surface area (Å²) in [5.74, 6) is -0.0906. The highest BCUT2D eigenvalue weighted by molar-refractivity contribution is 7.16. The van der Waals surface area contributed by atoms with Gasteiger partial charge in [0.05, 0.1) is 13.7 Å². The third-order valence-electron chi connectivity index (χ3n) is 1.89. The number of aromatic nitrogens is 2. The zero-order chi connectivity index (χ0) is 10.8. The molecule has 0 spiro atoms. The third kappa shape index (κ3) is 1.56. The lowest BCUT2D eigenvalue weighted by Crippen LogP contribution is -2.05. The van der Waals surface area contributed by atoms with Crippen molar-refractivity contribution in [3.63, 3.8) is 0 Å². The van der Waals surface area contributed by atoms with Gasteiger partial charge in [0.1, 0.15) is 4.83 Å². The Morgan fingerprint density at radius 1 is 1.67 bits per heavy atom. The topological polar surface area (TPSA) is 52.8 Å². The molecule has 0 bridgehead atoms. The van der Waals surface area contributed by atoms with Crippen LogP contribution < -0.4 is 4.74 Å². The number of ether oxygens (including phenoxy) is 2. The van der Waals surface area contributed by atoms with E-state index in [-0.39, 0.29) is 0 Å². The normalized spacial score (nSPS) is 10.5. The molecule has 0 aliphatic rings. The van der Waals surface area contributed by atoms with Gasteiger partial charge in [0.15, 0.2) is 5.56 Å². The molecule has 2 heterocycles. The van der Waals surface area contributed by atoms with Crippen LogP contribution in [0.4, 0.5) is 0 Å². The van der Waals surface area contributed by atoms with Crippen LogP contribution in [0.15, 0.2) is 11.6 Å². The predicted octanol–water partition coefficient (Wildman–Crippen LogP) is 1.58. The van der Waals surface area contributed by atoms with Gasteiger partial charge in [0, 0.05) is 11.6 Å². The summed E-state index contributed by atoms with van der Waals surface area (Å²) in [5.41, 5.74) is 0.398. The smallest absolute Gasteiger partial charge is 0.346 e. The molecule has 0 atom stereocenters. The van der Waals surface area contributed by atoms with Crippen molar-refractivity contribution >= 4 is 22.1 Å². The third-order valence-corrected chi connectivity index (χ3v) is 2.76. The second kappa shape index (κ2) is 3.90. The van der Waals surface area contributed by atoms with Crippen molar-refractivity contribution in [3.8, 4) is 5.88 Å². The molecule has 0 N–H and O–H groups in total. The Morgan fingerprint density at radius 2 is 2.47 bits per heavy atom. The molecule has 0 saturated heterocycles. The summed E-state index contributed by atoms with van der Waals surface area (Å²) in [6, 6.07) is 0. The van der Waals surface area contributed by atoms with Crippen molar-refractivity contribution in [2.75, 3.05) is 13.7 Å². The van der Waals surface area contributed by atoms with Crippen LogP contribution in [0, 0.1) is 0 Å². The van der Waals surface area contributed by atoms with Gasteiger partial charge in [-0.3, -0.25) is 0 Å². The molecule has 5 nitrogen and oxygen atoms in total. The number of hydrogen-bond acceptors (Lipinski definition) is 5. The van der Waals surface area contributed by atoms with Gasteiger partial charge >= 0.3 is 5.97 Å². The SMILES string of the molecule is CCOC(=O)c1c(OC)nn2ccsc12. The second-order valence-electron chi connectivity index (χ2n) is 2.76. The number of carbonyl (C=O) groups is 1. The van der Waals surface area contributed by atoms with Gasteiger partial charge in [0.25, 0.3) is 0 Å². The van der Waals surface area contributed by atoms with Crippen LogP contribution in [0.25, 0.3) is 4.83 Å². The summed E-state index contributed by atoms with van der Waals surface area (Å²) in [6.07, 6.45) is 1.77. The zero-order valence-corrected chi connectivity index (χ0v) is 9.21. The highest BCUT2D eigenvalue weighted by atomic mass is 32.1. The maximum Gasteiger partial charge on any atom is 0.346 e. The number of fused-ring (bicyclic) bond motifs is 1. The lowest BCUT2D eigenvalue weighted by Gasteiger charge is -2.00. The average molecular weight is 226 g/mol. The number of esters is 1. The summed E-state index contributed by atoms with van der Waals surface area (Å²) < 4.78 is 11.6. The minimum absolute atomic E-state index is 0.306. The Hall–Kier alpha value is -1.56. The molecule has 2 rings (SSSR count). The predicted molar refractivity (Wildman–Crippen MR) is 55.6 cm³/mol. The molecule has 0 saturated carbocycles. The lowest BCUT2D eigenvalue weighted by atomic mass is 10.3.